The highest BCUT2D eigenvalue weighted by atomic mass is 32.2. The molecule has 0 spiro atoms. The zero-order valence-corrected chi connectivity index (χ0v) is 21.4. The largest absolute Gasteiger partial charge is 0.449 e. The summed E-state index contributed by atoms with van der Waals surface area (Å²) in [6.45, 7) is 3.95. The van der Waals surface area contributed by atoms with Gasteiger partial charge in [-0.1, -0.05) is 78.4 Å². The summed E-state index contributed by atoms with van der Waals surface area (Å²) >= 11 is 0. The Morgan fingerprint density at radius 3 is 2.00 bits per heavy atom. The third kappa shape index (κ3) is 5.22. The van der Waals surface area contributed by atoms with Gasteiger partial charge in [0.05, 0.1) is 6.04 Å². The van der Waals surface area contributed by atoms with Gasteiger partial charge in [-0.15, -0.1) is 0 Å². The molecule has 0 saturated heterocycles. The van der Waals surface area contributed by atoms with Crippen molar-refractivity contribution in [1.29, 1.82) is 0 Å². The number of carbonyl (C=O) groups excluding carboxylic acids is 1. The van der Waals surface area contributed by atoms with E-state index in [4.69, 9.17) is 8.92 Å². The molecule has 0 saturated carbocycles. The van der Waals surface area contributed by atoms with Gasteiger partial charge in [-0.05, 0) is 65.9 Å². The van der Waals surface area contributed by atoms with Crippen molar-refractivity contribution in [2.45, 2.75) is 30.7 Å². The summed E-state index contributed by atoms with van der Waals surface area (Å²) in [5.41, 5.74) is 6.40. The molecule has 6 nitrogen and oxygen atoms in total. The number of amides is 1. The fourth-order valence-electron chi connectivity index (χ4n) is 4.59. The number of hydrogen-bond donors (Lipinski definition) is 1. The lowest BCUT2D eigenvalue weighted by Gasteiger charge is -2.18. The molecule has 1 aliphatic carbocycles. The highest BCUT2D eigenvalue weighted by Gasteiger charge is 2.29. The predicted octanol–water partition coefficient (Wildman–Crippen LogP) is 6.36. The van der Waals surface area contributed by atoms with Crippen LogP contribution in [0.15, 0.2) is 102 Å². The molecule has 7 heteroatoms. The number of rotatable bonds is 7. The molecule has 0 bridgehead atoms. The third-order valence-electron chi connectivity index (χ3n) is 6.57. The summed E-state index contributed by atoms with van der Waals surface area (Å²) in [5.74, 6) is 0.179. The van der Waals surface area contributed by atoms with Crippen molar-refractivity contribution < 1.29 is 22.1 Å². The van der Waals surface area contributed by atoms with Crippen LogP contribution in [0.3, 0.4) is 0 Å². The molecule has 5 rings (SSSR count). The maximum absolute atomic E-state index is 12.6. The van der Waals surface area contributed by atoms with E-state index in [1.54, 1.807) is 36.4 Å². The normalized spacial score (nSPS) is 13.4. The van der Waals surface area contributed by atoms with Crippen molar-refractivity contribution in [2.24, 2.45) is 0 Å². The minimum absolute atomic E-state index is 0.0135. The number of alkyl carbamates (subject to hydrolysis) is 1. The molecule has 1 amide bonds. The van der Waals surface area contributed by atoms with E-state index in [2.05, 4.69) is 29.6 Å². The molecule has 1 atom stereocenters. The van der Waals surface area contributed by atoms with Gasteiger partial charge in [-0.2, -0.15) is 8.42 Å². The maximum atomic E-state index is 12.6. The van der Waals surface area contributed by atoms with Crippen LogP contribution in [0.4, 0.5) is 4.79 Å². The fraction of sp³-hybridized carbons (Fsp3) is 0.167. The molecule has 37 heavy (non-hydrogen) atoms. The van der Waals surface area contributed by atoms with Gasteiger partial charge in [-0.3, -0.25) is 0 Å². The van der Waals surface area contributed by atoms with Crippen LogP contribution in [0, 0.1) is 6.92 Å². The lowest BCUT2D eigenvalue weighted by Crippen LogP contribution is -2.28. The van der Waals surface area contributed by atoms with Gasteiger partial charge in [0.25, 0.3) is 0 Å². The van der Waals surface area contributed by atoms with Gasteiger partial charge >= 0.3 is 16.2 Å². The Labute approximate surface area is 217 Å². The number of fused-ring (bicyclic) bond motifs is 3. The Balaban J connectivity index is 1.19. The summed E-state index contributed by atoms with van der Waals surface area (Å²) in [6.07, 6.45) is -0.517. The van der Waals surface area contributed by atoms with Gasteiger partial charge in [0.1, 0.15) is 17.3 Å². The van der Waals surface area contributed by atoms with Crippen LogP contribution >= 0.6 is 0 Å². The Hall–Kier alpha value is -4.10. The van der Waals surface area contributed by atoms with Crippen LogP contribution in [0.1, 0.15) is 41.1 Å². The zero-order valence-electron chi connectivity index (χ0n) is 20.5. The summed E-state index contributed by atoms with van der Waals surface area (Å²) in [6, 6.07) is 29.0. The molecule has 4 aromatic rings. The van der Waals surface area contributed by atoms with E-state index in [1.807, 2.05) is 38.1 Å². The van der Waals surface area contributed by atoms with Gasteiger partial charge in [-0.25, -0.2) is 4.79 Å². The van der Waals surface area contributed by atoms with E-state index in [0.717, 1.165) is 22.3 Å². The molecular formula is C30H27NO5S. The molecule has 0 heterocycles. The van der Waals surface area contributed by atoms with Crippen LogP contribution in [0.25, 0.3) is 11.1 Å². The zero-order chi connectivity index (χ0) is 26.0. The van der Waals surface area contributed by atoms with Crippen LogP contribution in [0.5, 0.6) is 5.75 Å². The first kappa shape index (κ1) is 24.6. The van der Waals surface area contributed by atoms with Crippen molar-refractivity contribution in [2.75, 3.05) is 6.61 Å². The number of nitrogens with one attached hydrogen (secondary N) is 1. The summed E-state index contributed by atoms with van der Waals surface area (Å²) in [7, 11) is -3.93. The van der Waals surface area contributed by atoms with E-state index >= 15 is 0 Å². The Morgan fingerprint density at radius 2 is 1.41 bits per heavy atom. The highest BCUT2D eigenvalue weighted by molar-refractivity contribution is 7.87. The second kappa shape index (κ2) is 10.1. The van der Waals surface area contributed by atoms with Gasteiger partial charge in [0.15, 0.2) is 0 Å². The molecule has 1 N–H and O–H groups in total. The molecule has 1 aliphatic rings. The van der Waals surface area contributed by atoms with E-state index in [0.29, 0.717) is 0 Å². The minimum atomic E-state index is -3.93. The Kier molecular flexibility index (Phi) is 6.72. The first-order chi connectivity index (χ1) is 17.8. The van der Waals surface area contributed by atoms with E-state index in [1.165, 1.54) is 23.3 Å². The second-order valence-corrected chi connectivity index (χ2v) is 10.7. The SMILES string of the molecule is Cc1ccc(S(=O)(=O)Oc2ccc(C(C)NC(=O)OCC3c4ccccc4-c4ccccc43)cc2)cc1. The maximum Gasteiger partial charge on any atom is 0.407 e. The number of aryl methyl sites for hydroxylation is 1. The van der Waals surface area contributed by atoms with Crippen molar-refractivity contribution >= 4 is 16.2 Å². The first-order valence-electron chi connectivity index (χ1n) is 12.0. The monoisotopic (exact) mass is 513 g/mol. The molecule has 0 radical (unpaired) electrons. The molecule has 1 unspecified atom stereocenters. The van der Waals surface area contributed by atoms with Crippen molar-refractivity contribution in [3.8, 4) is 16.9 Å². The Bertz CT molecular complexity index is 1480. The smallest absolute Gasteiger partial charge is 0.407 e. The standard InChI is InChI=1S/C30H27NO5S/c1-20-11-17-24(18-12-20)37(33,34)36-23-15-13-22(14-16-23)21(2)31-30(32)35-19-29-27-9-5-3-7-25(27)26-8-4-6-10-28(26)29/h3-18,21,29H,19H2,1-2H3,(H,31,32). The molecule has 0 aliphatic heterocycles. The summed E-state index contributed by atoms with van der Waals surface area (Å²) in [4.78, 5) is 12.7. The average Bonchev–Trinajstić information content (AvgIpc) is 3.21. The Morgan fingerprint density at radius 1 is 0.838 bits per heavy atom. The molecular weight excluding hydrogens is 486 g/mol. The van der Waals surface area contributed by atoms with Crippen LogP contribution in [-0.2, 0) is 14.9 Å². The van der Waals surface area contributed by atoms with E-state index < -0.39 is 16.2 Å². The first-order valence-corrected chi connectivity index (χ1v) is 13.5. The molecule has 0 fully saturated rings. The molecule has 0 aromatic heterocycles. The van der Waals surface area contributed by atoms with Gasteiger partial charge in [0.2, 0.25) is 0 Å². The predicted molar refractivity (Wildman–Crippen MR) is 142 cm³/mol. The highest BCUT2D eigenvalue weighted by Crippen LogP contribution is 2.44. The molecule has 4 aromatic carbocycles. The fourth-order valence-corrected chi connectivity index (χ4v) is 5.52. The van der Waals surface area contributed by atoms with Crippen LogP contribution in [-0.4, -0.2) is 21.1 Å². The van der Waals surface area contributed by atoms with E-state index in [-0.39, 0.29) is 29.2 Å². The van der Waals surface area contributed by atoms with Crippen molar-refractivity contribution in [3.63, 3.8) is 0 Å². The number of benzene rings is 4. The summed E-state index contributed by atoms with van der Waals surface area (Å²) < 4.78 is 35.9. The second-order valence-electron chi connectivity index (χ2n) is 9.11. The van der Waals surface area contributed by atoms with Crippen molar-refractivity contribution in [1.82, 2.24) is 5.32 Å². The van der Waals surface area contributed by atoms with Crippen LogP contribution < -0.4 is 9.50 Å². The lowest BCUT2D eigenvalue weighted by atomic mass is 9.98. The van der Waals surface area contributed by atoms with Gasteiger partial charge < -0.3 is 14.2 Å². The number of ether oxygens (including phenoxy) is 1. The topological polar surface area (TPSA) is 81.7 Å². The van der Waals surface area contributed by atoms with E-state index in [9.17, 15) is 13.2 Å². The third-order valence-corrected chi connectivity index (χ3v) is 7.84. The number of hydrogen-bond acceptors (Lipinski definition) is 5. The quantitative estimate of drug-likeness (QED) is 0.291. The van der Waals surface area contributed by atoms with Crippen molar-refractivity contribution in [3.05, 3.63) is 119 Å². The lowest BCUT2D eigenvalue weighted by molar-refractivity contribution is 0.140. The van der Waals surface area contributed by atoms with Gasteiger partial charge in [0, 0.05) is 5.92 Å². The minimum Gasteiger partial charge on any atom is -0.449 e. The molecule has 188 valence electrons. The van der Waals surface area contributed by atoms with Crippen LogP contribution in [0.2, 0.25) is 0 Å². The number of carbonyl (C=O) groups is 1. The summed E-state index contributed by atoms with van der Waals surface area (Å²) in [5, 5.41) is 2.85. The average molecular weight is 514 g/mol.